The van der Waals surface area contributed by atoms with Gasteiger partial charge in [-0.2, -0.15) is 0 Å². The van der Waals surface area contributed by atoms with Gasteiger partial charge in [0, 0.05) is 0 Å². The molecule has 0 spiro atoms. The molecular weight excluding hydrogens is 216 g/mol. The highest BCUT2D eigenvalue weighted by atomic mass is 16.8. The molecular formula is C14H14O3. The van der Waals surface area contributed by atoms with Crippen LogP contribution in [-0.2, 0) is 15.1 Å². The van der Waals surface area contributed by atoms with Crippen molar-refractivity contribution in [3.05, 3.63) is 60.7 Å². The van der Waals surface area contributed by atoms with Crippen LogP contribution in [0, 0.1) is 0 Å². The van der Waals surface area contributed by atoms with Gasteiger partial charge in [-0.1, -0.05) is 49.1 Å². The Morgan fingerprint density at radius 2 is 2.06 bits per heavy atom. The Balaban J connectivity index is 2.36. The summed E-state index contributed by atoms with van der Waals surface area (Å²) < 4.78 is 10.4. The molecule has 0 aliphatic carbocycles. The van der Waals surface area contributed by atoms with E-state index in [1.807, 2.05) is 37.3 Å². The van der Waals surface area contributed by atoms with Crippen molar-refractivity contribution in [1.82, 2.24) is 0 Å². The Morgan fingerprint density at radius 3 is 2.71 bits per heavy atom. The number of allylic oxidation sites excluding steroid dienone is 2. The van der Waals surface area contributed by atoms with Crippen molar-refractivity contribution in [1.29, 1.82) is 0 Å². The Labute approximate surface area is 100 Å². The van der Waals surface area contributed by atoms with Gasteiger partial charge in [-0.3, -0.25) is 0 Å². The topological polar surface area (TPSA) is 35.5 Å². The van der Waals surface area contributed by atoms with Gasteiger partial charge in [0.2, 0.25) is 0 Å². The number of ether oxygens (including phenoxy) is 2. The average Bonchev–Trinajstić information content (AvgIpc) is 2.64. The van der Waals surface area contributed by atoms with Crippen LogP contribution in [0.1, 0.15) is 12.5 Å². The molecule has 1 unspecified atom stereocenters. The molecule has 3 heteroatoms. The number of benzene rings is 1. The van der Waals surface area contributed by atoms with Crippen molar-refractivity contribution in [2.75, 3.05) is 0 Å². The van der Waals surface area contributed by atoms with E-state index in [2.05, 4.69) is 6.58 Å². The maximum absolute atomic E-state index is 11.3. The van der Waals surface area contributed by atoms with E-state index in [4.69, 9.17) is 9.47 Å². The molecule has 1 fully saturated rings. The van der Waals surface area contributed by atoms with Gasteiger partial charge >= 0.3 is 6.16 Å². The zero-order chi connectivity index (χ0) is 12.3. The van der Waals surface area contributed by atoms with Crippen LogP contribution >= 0.6 is 0 Å². The van der Waals surface area contributed by atoms with E-state index in [9.17, 15) is 4.79 Å². The van der Waals surface area contributed by atoms with E-state index in [0.29, 0.717) is 0 Å². The molecule has 2 atom stereocenters. The maximum atomic E-state index is 11.3. The summed E-state index contributed by atoms with van der Waals surface area (Å²) in [5, 5.41) is 0. The zero-order valence-electron chi connectivity index (χ0n) is 9.63. The molecule has 0 N–H and O–H groups in total. The lowest BCUT2D eigenvalue weighted by Gasteiger charge is -2.25. The molecule has 1 saturated heterocycles. The van der Waals surface area contributed by atoms with Crippen LogP contribution < -0.4 is 0 Å². The maximum Gasteiger partial charge on any atom is 0.510 e. The predicted octanol–water partition coefficient (Wildman–Crippen LogP) is 3.18. The number of carbonyl (C=O) groups excluding carboxylic acids is 1. The Bertz CT molecular complexity index is 450. The van der Waals surface area contributed by atoms with Gasteiger partial charge in [0.15, 0.2) is 11.7 Å². The summed E-state index contributed by atoms with van der Waals surface area (Å²) in [6.45, 7) is 5.43. The van der Waals surface area contributed by atoms with Gasteiger partial charge in [0.1, 0.15) is 0 Å². The lowest BCUT2D eigenvalue weighted by Crippen LogP contribution is -2.32. The SMILES string of the molecule is C=C/C=C/C1OC(=O)O[C@@]1(C)c1ccccc1. The van der Waals surface area contributed by atoms with Crippen LogP contribution in [0.15, 0.2) is 55.1 Å². The molecule has 0 aromatic heterocycles. The van der Waals surface area contributed by atoms with Crippen LogP contribution in [-0.4, -0.2) is 12.3 Å². The van der Waals surface area contributed by atoms with E-state index >= 15 is 0 Å². The standard InChI is InChI=1S/C14H14O3/c1-3-4-10-12-14(2,17-13(15)16-12)11-8-6-5-7-9-11/h3-10,12H,1H2,2H3/b10-4+/t12?,14-/m0/s1. The molecule has 17 heavy (non-hydrogen) atoms. The molecule has 0 amide bonds. The zero-order valence-corrected chi connectivity index (χ0v) is 9.63. The van der Waals surface area contributed by atoms with Crippen LogP contribution in [0.4, 0.5) is 4.79 Å². The summed E-state index contributed by atoms with van der Waals surface area (Å²) in [5.74, 6) is 0. The molecule has 0 bridgehead atoms. The number of hydrogen-bond acceptors (Lipinski definition) is 3. The molecule has 1 aliphatic rings. The van der Waals surface area contributed by atoms with Crippen LogP contribution in [0.2, 0.25) is 0 Å². The van der Waals surface area contributed by atoms with Gasteiger partial charge in [0.25, 0.3) is 0 Å². The highest BCUT2D eigenvalue weighted by Crippen LogP contribution is 2.37. The lowest BCUT2D eigenvalue weighted by atomic mass is 9.90. The molecule has 2 rings (SSSR count). The van der Waals surface area contributed by atoms with Gasteiger partial charge in [0.05, 0.1) is 0 Å². The molecule has 1 aromatic carbocycles. The highest BCUT2D eigenvalue weighted by molar-refractivity contribution is 5.64. The first-order valence-electron chi connectivity index (χ1n) is 5.41. The summed E-state index contributed by atoms with van der Waals surface area (Å²) in [7, 11) is 0. The van der Waals surface area contributed by atoms with Gasteiger partial charge in [-0.05, 0) is 18.6 Å². The fourth-order valence-electron chi connectivity index (χ4n) is 1.87. The molecule has 0 saturated carbocycles. The third-order valence-electron chi connectivity index (χ3n) is 2.83. The molecule has 88 valence electrons. The van der Waals surface area contributed by atoms with E-state index in [-0.39, 0.29) is 0 Å². The molecule has 3 nitrogen and oxygen atoms in total. The number of hydrogen-bond donors (Lipinski definition) is 0. The average molecular weight is 230 g/mol. The Kier molecular flexibility index (Phi) is 3.00. The first kappa shape index (κ1) is 11.5. The molecule has 0 radical (unpaired) electrons. The van der Waals surface area contributed by atoms with Gasteiger partial charge < -0.3 is 9.47 Å². The van der Waals surface area contributed by atoms with E-state index in [1.54, 1.807) is 18.2 Å². The summed E-state index contributed by atoms with van der Waals surface area (Å²) in [5.41, 5.74) is 0.127. The second kappa shape index (κ2) is 4.45. The monoisotopic (exact) mass is 230 g/mol. The summed E-state index contributed by atoms with van der Waals surface area (Å²) in [6.07, 6.45) is 4.07. The first-order valence-corrected chi connectivity index (χ1v) is 5.41. The largest absolute Gasteiger partial charge is 0.510 e. The smallest absolute Gasteiger partial charge is 0.422 e. The van der Waals surface area contributed by atoms with Crippen LogP contribution in [0.5, 0.6) is 0 Å². The summed E-state index contributed by atoms with van der Waals surface area (Å²) in [4.78, 5) is 11.3. The van der Waals surface area contributed by atoms with Gasteiger partial charge in [-0.15, -0.1) is 0 Å². The first-order chi connectivity index (χ1) is 8.16. The van der Waals surface area contributed by atoms with E-state index < -0.39 is 17.9 Å². The van der Waals surface area contributed by atoms with Crippen molar-refractivity contribution in [2.45, 2.75) is 18.6 Å². The van der Waals surface area contributed by atoms with Crippen molar-refractivity contribution in [3.8, 4) is 0 Å². The summed E-state index contributed by atoms with van der Waals surface area (Å²) in [6, 6.07) is 9.55. The second-order valence-electron chi connectivity index (χ2n) is 3.98. The van der Waals surface area contributed by atoms with Crippen LogP contribution in [0.25, 0.3) is 0 Å². The van der Waals surface area contributed by atoms with Crippen molar-refractivity contribution in [2.24, 2.45) is 0 Å². The molecule has 1 aromatic rings. The third kappa shape index (κ3) is 2.09. The number of carbonyl (C=O) groups is 1. The van der Waals surface area contributed by atoms with Crippen LogP contribution in [0.3, 0.4) is 0 Å². The van der Waals surface area contributed by atoms with E-state index in [0.717, 1.165) is 5.56 Å². The minimum absolute atomic E-state index is 0.435. The fraction of sp³-hybridized carbons (Fsp3) is 0.214. The Morgan fingerprint density at radius 1 is 1.35 bits per heavy atom. The fourth-order valence-corrected chi connectivity index (χ4v) is 1.87. The number of cyclic esters (lactones) is 2. The minimum atomic E-state index is -0.780. The highest BCUT2D eigenvalue weighted by Gasteiger charge is 2.47. The van der Waals surface area contributed by atoms with Crippen molar-refractivity contribution < 1.29 is 14.3 Å². The summed E-state index contributed by atoms with van der Waals surface area (Å²) >= 11 is 0. The molecule has 1 aliphatic heterocycles. The molecule has 1 heterocycles. The number of rotatable bonds is 3. The van der Waals surface area contributed by atoms with Crippen molar-refractivity contribution >= 4 is 6.16 Å². The predicted molar refractivity (Wildman–Crippen MR) is 64.5 cm³/mol. The quantitative estimate of drug-likeness (QED) is 0.591. The minimum Gasteiger partial charge on any atom is -0.422 e. The Hall–Kier alpha value is -2.03. The second-order valence-corrected chi connectivity index (χ2v) is 3.98. The normalized spacial score (nSPS) is 27.8. The van der Waals surface area contributed by atoms with E-state index in [1.165, 1.54) is 0 Å². The third-order valence-corrected chi connectivity index (χ3v) is 2.83. The lowest BCUT2D eigenvalue weighted by molar-refractivity contribution is 0.0576. The van der Waals surface area contributed by atoms with Crippen molar-refractivity contribution in [3.63, 3.8) is 0 Å². The van der Waals surface area contributed by atoms with Gasteiger partial charge in [-0.25, -0.2) is 4.79 Å².